The van der Waals surface area contributed by atoms with Gasteiger partial charge in [0.05, 0.1) is 56.9 Å². The van der Waals surface area contributed by atoms with Crippen molar-refractivity contribution in [3.8, 4) is 11.8 Å². The van der Waals surface area contributed by atoms with E-state index in [1.54, 1.807) is 11.0 Å². The van der Waals surface area contributed by atoms with E-state index >= 15 is 0 Å². The molecule has 0 radical (unpaired) electrons. The minimum atomic E-state index is -5.27. The van der Waals surface area contributed by atoms with Gasteiger partial charge < -0.3 is 33.1 Å². The van der Waals surface area contributed by atoms with Gasteiger partial charge in [-0.25, -0.2) is 42.6 Å². The summed E-state index contributed by atoms with van der Waals surface area (Å²) in [6.45, 7) is 1.60. The fourth-order valence-corrected chi connectivity index (χ4v) is 9.30. The van der Waals surface area contributed by atoms with Crippen LogP contribution in [0.4, 0.5) is 28.6 Å². The first-order valence-corrected chi connectivity index (χ1v) is 24.8. The molecule has 330 valence electrons. The van der Waals surface area contributed by atoms with Crippen molar-refractivity contribution in [3.63, 3.8) is 0 Å². The second-order valence-corrected chi connectivity index (χ2v) is 20.5. The van der Waals surface area contributed by atoms with Crippen molar-refractivity contribution in [2.45, 2.75) is 47.3 Å². The number of nitrogens with one attached hydrogen (secondary N) is 2. The molecule has 0 aliphatic heterocycles. The predicted molar refractivity (Wildman–Crippen MR) is 215 cm³/mol. The van der Waals surface area contributed by atoms with Crippen molar-refractivity contribution in [1.29, 1.82) is 5.26 Å². The molecule has 0 saturated carbocycles. The molecule has 1 unspecified atom stereocenters. The number of carbonyl (C=O) groups excluding carboxylic acids is 1. The van der Waals surface area contributed by atoms with Gasteiger partial charge >= 0.3 is 206 Å². The number of nitrogens with zero attached hydrogens (tertiary/aromatic N) is 6. The van der Waals surface area contributed by atoms with Crippen LogP contribution in [0.2, 0.25) is 10.0 Å². The summed E-state index contributed by atoms with van der Waals surface area (Å²) in [4.78, 5) is 11.6. The molecule has 4 rings (SSSR count). The first-order valence-electron chi connectivity index (χ1n) is 16.9. The van der Waals surface area contributed by atoms with Gasteiger partial charge in [-0.05, 0) is 74.2 Å². The molecule has 4 aromatic rings. The summed E-state index contributed by atoms with van der Waals surface area (Å²) in [5, 5.41) is 24.5. The Balaban J connectivity index is 0.0000102. The van der Waals surface area contributed by atoms with E-state index < -0.39 is 84.3 Å². The van der Waals surface area contributed by atoms with Crippen molar-refractivity contribution in [2.75, 3.05) is 39.5 Å². The van der Waals surface area contributed by atoms with Crippen LogP contribution < -0.4 is 220 Å². The van der Waals surface area contributed by atoms with Crippen molar-refractivity contribution in [1.82, 2.24) is 9.78 Å². The van der Waals surface area contributed by atoms with E-state index in [9.17, 15) is 66.1 Å². The summed E-state index contributed by atoms with van der Waals surface area (Å²) in [6.07, 6.45) is 1.60. The zero-order chi connectivity index (χ0) is 45.5. The molecule has 1 heterocycles. The molecule has 2 N–H and O–H groups in total. The maximum atomic E-state index is 13.3. The number of benzene rings is 3. The number of carbonyl (C=O) groups is 1. The van der Waals surface area contributed by atoms with E-state index in [2.05, 4.69) is 25.4 Å². The molecule has 1 amide bonds. The summed E-state index contributed by atoms with van der Waals surface area (Å²) < 4.78 is 153. The molecule has 65 heavy (non-hydrogen) atoms. The van der Waals surface area contributed by atoms with Gasteiger partial charge in [0.2, 0.25) is 5.91 Å². The minimum absolute atomic E-state index is 0. The smallest absolute Gasteiger partial charge is 0.748 e. The summed E-state index contributed by atoms with van der Waals surface area (Å²) >= 11 is 13.1. The Morgan fingerprint density at radius 2 is 1.31 bits per heavy atom. The van der Waals surface area contributed by atoms with E-state index in [1.807, 2.05) is 6.07 Å². The van der Waals surface area contributed by atoms with Crippen LogP contribution in [0.25, 0.3) is 5.69 Å². The van der Waals surface area contributed by atoms with E-state index in [4.69, 9.17) is 23.2 Å². The zero-order valence-corrected chi connectivity index (χ0v) is 53.1. The Hall–Kier alpha value is 1.95. The Labute approximate surface area is 557 Å². The maximum Gasteiger partial charge on any atom is 1.00 e. The number of amides is 1. The van der Waals surface area contributed by atoms with Crippen LogP contribution in [0.15, 0.2) is 79.6 Å². The van der Waals surface area contributed by atoms with Crippen molar-refractivity contribution in [2.24, 2.45) is 10.2 Å². The number of nitriles is 1. The topological polar surface area (TPSA) is 357 Å². The van der Waals surface area contributed by atoms with Crippen LogP contribution in [-0.4, -0.2) is 96.4 Å². The standard InChI is InChI=1S/C32H34Cl2N8O14S5.4K/c1-20(43)37-30-14-23(41(8-2-4-10-58(45,46)47)9-3-5-11-59(48,49)50)6-7-29(30)38-39-32-21(18-35)19-36-42(32)31-27(33)15-24(16-28(31)34)57(44)40-22-12-25(60(51,52)53)17-26(13-22)61(54,55)56;;;;/h6-7,12-17,19,40H,2-5,8-11H2,1H3,(H,37,43)(H,45,46,47)(H,48,49,50)(H,51,52,53)(H,54,55,56);;;;/q;4*+1/p-4. The van der Waals surface area contributed by atoms with Crippen LogP contribution in [0.3, 0.4) is 0 Å². The number of azo groups is 1. The molecule has 3 aromatic carbocycles. The molecule has 0 aliphatic rings. The van der Waals surface area contributed by atoms with Crippen LogP contribution in [0.5, 0.6) is 0 Å². The molecule has 0 bridgehead atoms. The first-order chi connectivity index (χ1) is 28.3. The van der Waals surface area contributed by atoms with E-state index in [0.29, 0.717) is 23.9 Å². The Morgan fingerprint density at radius 3 is 1.75 bits per heavy atom. The third-order valence-electron chi connectivity index (χ3n) is 8.00. The van der Waals surface area contributed by atoms with Gasteiger partial charge in [0, 0.05) is 42.9 Å². The van der Waals surface area contributed by atoms with Gasteiger partial charge in [0.15, 0.2) is 5.82 Å². The fourth-order valence-electron chi connectivity index (χ4n) is 5.35. The van der Waals surface area contributed by atoms with E-state index in [1.165, 1.54) is 19.1 Å². The molecule has 33 heteroatoms. The third kappa shape index (κ3) is 21.9. The monoisotopic (exact) mass is 1140 g/mol. The third-order valence-corrected chi connectivity index (χ3v) is 12.9. The van der Waals surface area contributed by atoms with E-state index in [-0.39, 0.29) is 288 Å². The summed E-state index contributed by atoms with van der Waals surface area (Å²) in [5.74, 6) is -1.99. The molecule has 0 fully saturated rings. The minimum Gasteiger partial charge on any atom is -0.748 e. The van der Waals surface area contributed by atoms with Gasteiger partial charge in [0.1, 0.15) is 54.2 Å². The number of halogens is 2. The van der Waals surface area contributed by atoms with Gasteiger partial charge in [-0.2, -0.15) is 10.4 Å². The van der Waals surface area contributed by atoms with Crippen molar-refractivity contribution in [3.05, 3.63) is 70.3 Å². The second-order valence-electron chi connectivity index (χ2n) is 12.6. The Kier molecular flexibility index (Phi) is 30.5. The zero-order valence-electron chi connectivity index (χ0n) is 35.0. The van der Waals surface area contributed by atoms with Crippen LogP contribution in [0.1, 0.15) is 38.2 Å². The molecule has 1 atom stereocenters. The Morgan fingerprint density at radius 1 is 0.800 bits per heavy atom. The van der Waals surface area contributed by atoms with Crippen molar-refractivity contribution >= 4 is 109 Å². The number of hydrogen-bond acceptors (Lipinski definition) is 19. The first kappa shape index (κ1) is 66.9. The van der Waals surface area contributed by atoms with E-state index in [0.717, 1.165) is 23.0 Å². The van der Waals surface area contributed by atoms with Crippen molar-refractivity contribution < 1.29 is 266 Å². The average Bonchev–Trinajstić information content (AvgIpc) is 3.53. The van der Waals surface area contributed by atoms with Gasteiger partial charge in [-0.1, -0.05) is 23.2 Å². The number of rotatable bonds is 20. The predicted octanol–water partition coefficient (Wildman–Crippen LogP) is -8.16. The van der Waals surface area contributed by atoms with Crippen LogP contribution >= 0.6 is 23.2 Å². The van der Waals surface area contributed by atoms with Gasteiger partial charge in [0.25, 0.3) is 0 Å². The molecular formula is C32H30Cl2K4N8O14S5. The normalized spacial score (nSPS) is 12.1. The quantitative estimate of drug-likeness (QED) is 0.0359. The molecule has 0 spiro atoms. The number of hydrogen-bond donors (Lipinski definition) is 2. The number of aromatic nitrogens is 2. The number of anilines is 3. The number of unbranched alkanes of at least 4 members (excludes halogenated alkanes) is 2. The van der Waals surface area contributed by atoms with Crippen LogP contribution in [-0.2, 0) is 56.3 Å². The molecule has 0 aliphatic carbocycles. The largest absolute Gasteiger partial charge is 1.00 e. The molecular weight excluding hydrogens is 1110 g/mol. The average molecular weight is 1140 g/mol. The van der Waals surface area contributed by atoms with Gasteiger partial charge in [-0.3, -0.25) is 4.79 Å². The Bertz CT molecular complexity index is 2800. The summed E-state index contributed by atoms with van der Waals surface area (Å²) in [6, 6.07) is 10.2. The van der Waals surface area contributed by atoms with Gasteiger partial charge in [-0.15, -0.1) is 10.2 Å². The fraction of sp³-hybridized carbons (Fsp3) is 0.281. The molecule has 22 nitrogen and oxygen atoms in total. The second kappa shape index (κ2) is 29.6. The van der Waals surface area contributed by atoms with Crippen LogP contribution in [0, 0.1) is 11.3 Å². The maximum absolute atomic E-state index is 13.3. The summed E-state index contributed by atoms with van der Waals surface area (Å²) in [5.41, 5.74) is -0.170. The summed E-state index contributed by atoms with van der Waals surface area (Å²) in [7, 11) is -21.9. The molecule has 1 aromatic heterocycles. The molecule has 0 saturated heterocycles. The SMILES string of the molecule is CC(=O)Nc1cc(N(CCCCS(=O)(=O)[O-])CCCCS(=O)(=O)[O-])ccc1N=Nc1c(C#N)cnn1-c1c(Cl)cc(S(=O)Nc2cc(S(=O)(=O)[O-])cc(S(=O)(=O)[O-])c2)cc1Cl.[K+].[K+].[K+].[K+].